The Labute approximate surface area is 168 Å². The summed E-state index contributed by atoms with van der Waals surface area (Å²) in [5.41, 5.74) is 1.25. The van der Waals surface area contributed by atoms with E-state index in [0.29, 0.717) is 39.1 Å². The van der Waals surface area contributed by atoms with Gasteiger partial charge in [0.15, 0.2) is 0 Å². The van der Waals surface area contributed by atoms with Gasteiger partial charge >= 0.3 is 5.97 Å². The van der Waals surface area contributed by atoms with Crippen molar-refractivity contribution in [1.82, 2.24) is 10.2 Å². The van der Waals surface area contributed by atoms with E-state index in [1.54, 1.807) is 11.8 Å². The first kappa shape index (κ1) is 21.0. The van der Waals surface area contributed by atoms with Gasteiger partial charge in [-0.15, -0.1) is 0 Å². The minimum atomic E-state index is -0.297. The van der Waals surface area contributed by atoms with Crippen molar-refractivity contribution >= 4 is 27.8 Å². The third-order valence-corrected chi connectivity index (χ3v) is 4.94. The molecule has 7 heteroatoms. The van der Waals surface area contributed by atoms with Crippen LogP contribution < -0.4 is 5.32 Å². The summed E-state index contributed by atoms with van der Waals surface area (Å²) in [7, 11) is 0. The summed E-state index contributed by atoms with van der Waals surface area (Å²) in [4.78, 5) is 25.9. The highest BCUT2D eigenvalue weighted by Gasteiger charge is 2.29. The lowest BCUT2D eigenvalue weighted by Gasteiger charge is -2.30. The topological polar surface area (TPSA) is 82.4 Å². The summed E-state index contributed by atoms with van der Waals surface area (Å²) >= 11 is 3.44. The highest BCUT2D eigenvalue weighted by atomic mass is 79.9. The number of benzene rings is 1. The molecule has 1 aliphatic rings. The van der Waals surface area contributed by atoms with Crippen LogP contribution in [0.5, 0.6) is 0 Å². The first-order chi connectivity index (χ1) is 13.0. The Bertz CT molecular complexity index is 734. The largest absolute Gasteiger partial charge is 0.466 e. The van der Waals surface area contributed by atoms with Crippen LogP contribution in [0.3, 0.4) is 0 Å². The van der Waals surface area contributed by atoms with E-state index >= 15 is 0 Å². The van der Waals surface area contributed by atoms with Crippen LogP contribution in [-0.4, -0.2) is 43.0 Å². The Morgan fingerprint density at radius 3 is 2.78 bits per heavy atom. The second-order valence-electron chi connectivity index (χ2n) is 6.32. The van der Waals surface area contributed by atoms with Gasteiger partial charge in [-0.05, 0) is 43.9 Å². The van der Waals surface area contributed by atoms with Crippen molar-refractivity contribution in [2.75, 3.05) is 26.2 Å². The third-order valence-electron chi connectivity index (χ3n) is 4.45. The zero-order valence-corrected chi connectivity index (χ0v) is 17.0. The van der Waals surface area contributed by atoms with Gasteiger partial charge in [-0.25, -0.2) is 0 Å². The number of carbonyl (C=O) groups excluding carboxylic acids is 2. The van der Waals surface area contributed by atoms with E-state index < -0.39 is 0 Å². The number of halogens is 1. The number of amides is 1. The molecule has 27 heavy (non-hydrogen) atoms. The van der Waals surface area contributed by atoms with Crippen molar-refractivity contribution in [1.29, 1.82) is 5.26 Å². The summed E-state index contributed by atoms with van der Waals surface area (Å²) in [5, 5.41) is 12.4. The van der Waals surface area contributed by atoms with Crippen LogP contribution in [0.25, 0.3) is 0 Å². The number of hydrogen-bond acceptors (Lipinski definition) is 5. The number of nitrogens with zero attached hydrogens (tertiary/aromatic N) is 2. The second-order valence-corrected chi connectivity index (χ2v) is 7.24. The minimum absolute atomic E-state index is 0.0822. The molecule has 0 aromatic heterocycles. The molecule has 0 aliphatic carbocycles. The van der Waals surface area contributed by atoms with Crippen LogP contribution in [0.1, 0.15) is 25.3 Å². The van der Waals surface area contributed by atoms with Gasteiger partial charge in [0, 0.05) is 30.3 Å². The van der Waals surface area contributed by atoms with Gasteiger partial charge in [-0.2, -0.15) is 5.26 Å². The van der Waals surface area contributed by atoms with E-state index in [-0.39, 0.29) is 23.4 Å². The lowest BCUT2D eigenvalue weighted by Crippen LogP contribution is -2.41. The van der Waals surface area contributed by atoms with Gasteiger partial charge in [0.1, 0.15) is 11.6 Å². The van der Waals surface area contributed by atoms with Crippen molar-refractivity contribution in [3.63, 3.8) is 0 Å². The predicted molar refractivity (Wildman–Crippen MR) is 105 cm³/mol. The van der Waals surface area contributed by atoms with Crippen molar-refractivity contribution in [3.05, 3.63) is 46.1 Å². The molecule has 1 saturated heterocycles. The molecule has 0 bridgehead atoms. The molecule has 1 amide bonds. The van der Waals surface area contributed by atoms with E-state index in [1.807, 2.05) is 30.3 Å². The zero-order chi connectivity index (χ0) is 19.6. The Morgan fingerprint density at radius 2 is 2.15 bits per heavy atom. The molecule has 0 radical (unpaired) electrons. The molecule has 144 valence electrons. The lowest BCUT2D eigenvalue weighted by atomic mass is 9.96. The smallest absolute Gasteiger partial charge is 0.309 e. The number of carbonyl (C=O) groups is 2. The lowest BCUT2D eigenvalue weighted by molar-refractivity contribution is -0.150. The number of nitriles is 1. The molecule has 1 N–H and O–H groups in total. The average Bonchev–Trinajstić information content (AvgIpc) is 2.68. The van der Waals surface area contributed by atoms with Crippen LogP contribution in [0.4, 0.5) is 0 Å². The van der Waals surface area contributed by atoms with Crippen LogP contribution in [0.15, 0.2) is 40.5 Å². The summed E-state index contributed by atoms with van der Waals surface area (Å²) in [6, 6.07) is 9.97. The Morgan fingerprint density at radius 1 is 1.41 bits per heavy atom. The average molecular weight is 434 g/mol. The Balaban J connectivity index is 1.82. The molecule has 0 spiro atoms. The number of likely N-dealkylation sites (tertiary alicyclic amines) is 1. The summed E-state index contributed by atoms with van der Waals surface area (Å²) in [6.07, 6.45) is 3.41. The van der Waals surface area contributed by atoms with Crippen LogP contribution in [0, 0.1) is 17.2 Å². The number of esters is 1. The van der Waals surface area contributed by atoms with Gasteiger partial charge in [0.2, 0.25) is 0 Å². The van der Waals surface area contributed by atoms with Gasteiger partial charge in [-0.3, -0.25) is 9.59 Å². The molecular formula is C20H24BrN3O3. The fraction of sp³-hybridized carbons (Fsp3) is 0.450. The SMILES string of the molecule is CCOC(=O)C1CCN(C(=O)/C(C#N)=C\NCCc2cccc(Br)c2)CC1. The maximum Gasteiger partial charge on any atom is 0.309 e. The normalized spacial score (nSPS) is 15.1. The van der Waals surface area contributed by atoms with E-state index in [0.717, 1.165) is 16.5 Å². The fourth-order valence-electron chi connectivity index (χ4n) is 2.97. The van der Waals surface area contributed by atoms with Crippen molar-refractivity contribution in [2.45, 2.75) is 26.2 Å². The van der Waals surface area contributed by atoms with Gasteiger partial charge in [0.05, 0.1) is 12.5 Å². The first-order valence-corrected chi connectivity index (χ1v) is 9.88. The van der Waals surface area contributed by atoms with E-state index in [9.17, 15) is 14.9 Å². The molecule has 0 atom stereocenters. The molecule has 1 aliphatic heterocycles. The zero-order valence-electron chi connectivity index (χ0n) is 15.4. The van der Waals surface area contributed by atoms with Gasteiger partial charge in [0.25, 0.3) is 5.91 Å². The molecule has 0 saturated carbocycles. The maximum absolute atomic E-state index is 12.5. The monoisotopic (exact) mass is 433 g/mol. The van der Waals surface area contributed by atoms with Gasteiger partial charge in [-0.1, -0.05) is 28.1 Å². The number of rotatable bonds is 7. The molecular weight excluding hydrogens is 410 g/mol. The second kappa shape index (κ2) is 10.7. The fourth-order valence-corrected chi connectivity index (χ4v) is 3.42. The molecule has 1 aromatic carbocycles. The highest BCUT2D eigenvalue weighted by molar-refractivity contribution is 9.10. The molecule has 1 heterocycles. The van der Waals surface area contributed by atoms with E-state index in [2.05, 4.69) is 21.2 Å². The summed E-state index contributed by atoms with van der Waals surface area (Å²) in [6.45, 7) is 3.69. The number of hydrogen-bond donors (Lipinski definition) is 1. The van der Waals surface area contributed by atoms with Crippen molar-refractivity contribution < 1.29 is 14.3 Å². The van der Waals surface area contributed by atoms with Crippen molar-refractivity contribution in [2.24, 2.45) is 5.92 Å². The molecule has 1 fully saturated rings. The van der Waals surface area contributed by atoms with Crippen LogP contribution >= 0.6 is 15.9 Å². The van der Waals surface area contributed by atoms with Crippen molar-refractivity contribution in [3.8, 4) is 6.07 Å². The maximum atomic E-state index is 12.5. The third kappa shape index (κ3) is 6.40. The number of piperidine rings is 1. The Hall–Kier alpha value is -2.33. The number of ether oxygens (including phenoxy) is 1. The predicted octanol–water partition coefficient (Wildman–Crippen LogP) is 2.79. The molecule has 2 rings (SSSR count). The summed E-state index contributed by atoms with van der Waals surface area (Å²) in [5.74, 6) is -0.656. The minimum Gasteiger partial charge on any atom is -0.466 e. The summed E-state index contributed by atoms with van der Waals surface area (Å²) < 4.78 is 6.06. The number of nitrogens with one attached hydrogen (secondary N) is 1. The Kier molecular flexibility index (Phi) is 8.34. The van der Waals surface area contributed by atoms with Crippen LogP contribution in [-0.2, 0) is 20.7 Å². The highest BCUT2D eigenvalue weighted by Crippen LogP contribution is 2.20. The quantitative estimate of drug-likeness (QED) is 0.309. The molecule has 6 nitrogen and oxygen atoms in total. The standard InChI is InChI=1S/C20H24BrN3O3/c1-2-27-20(26)16-7-10-24(11-8-16)19(25)17(13-22)14-23-9-6-15-4-3-5-18(21)12-15/h3-5,12,14,16,23H,2,6-11H2,1H3/b17-14-. The van der Waals surface area contributed by atoms with Crippen LogP contribution in [0.2, 0.25) is 0 Å². The van der Waals surface area contributed by atoms with Gasteiger partial charge < -0.3 is 15.0 Å². The first-order valence-electron chi connectivity index (χ1n) is 9.09. The van der Waals surface area contributed by atoms with E-state index in [1.165, 1.54) is 6.20 Å². The molecule has 1 aromatic rings. The van der Waals surface area contributed by atoms with E-state index in [4.69, 9.17) is 4.74 Å². The molecule has 0 unspecified atom stereocenters.